The minimum Gasteiger partial charge on any atom is -0.207 e. The van der Waals surface area contributed by atoms with Crippen molar-refractivity contribution in [3.63, 3.8) is 0 Å². The Morgan fingerprint density at radius 2 is 2.11 bits per heavy atom. The number of halogens is 2. The number of nitrogens with zero attached hydrogens (tertiary/aromatic N) is 1. The van der Waals surface area contributed by atoms with Gasteiger partial charge in [0.1, 0.15) is 5.82 Å². The smallest absolute Gasteiger partial charge is 0.207 e. The summed E-state index contributed by atoms with van der Waals surface area (Å²) in [5.41, 5.74) is 0. The van der Waals surface area contributed by atoms with Gasteiger partial charge in [0, 0.05) is 22.9 Å². The first-order valence-corrected chi connectivity index (χ1v) is 8.46. The van der Waals surface area contributed by atoms with Crippen molar-refractivity contribution in [2.75, 3.05) is 7.05 Å². The van der Waals surface area contributed by atoms with Crippen molar-refractivity contribution in [3.05, 3.63) is 50.9 Å². The van der Waals surface area contributed by atoms with E-state index in [-0.39, 0.29) is 9.37 Å². The van der Waals surface area contributed by atoms with Gasteiger partial charge < -0.3 is 0 Å². The lowest BCUT2D eigenvalue weighted by Gasteiger charge is -2.17. The van der Waals surface area contributed by atoms with Gasteiger partial charge in [-0.3, -0.25) is 0 Å². The molecule has 2 rings (SSSR count). The molecule has 0 bridgehead atoms. The summed E-state index contributed by atoms with van der Waals surface area (Å²) in [6.45, 7) is 0.295. The van der Waals surface area contributed by atoms with E-state index >= 15 is 0 Å². The Morgan fingerprint density at radius 3 is 2.68 bits per heavy atom. The van der Waals surface area contributed by atoms with Gasteiger partial charge in [-0.1, -0.05) is 6.07 Å². The summed E-state index contributed by atoms with van der Waals surface area (Å²) in [7, 11) is -2.13. The van der Waals surface area contributed by atoms with Crippen LogP contribution in [0.4, 0.5) is 4.39 Å². The molecule has 19 heavy (non-hydrogen) atoms. The molecule has 1 aromatic carbocycles. The molecular weight excluding hydrogens is 353 g/mol. The Labute approximate surface area is 123 Å². The third-order valence-electron chi connectivity index (χ3n) is 2.54. The first kappa shape index (κ1) is 14.6. The summed E-state index contributed by atoms with van der Waals surface area (Å²) in [4.78, 5) is 1.01. The molecule has 0 aliphatic rings. The van der Waals surface area contributed by atoms with E-state index in [0.29, 0.717) is 6.54 Å². The van der Waals surface area contributed by atoms with Gasteiger partial charge in [-0.25, -0.2) is 12.8 Å². The summed E-state index contributed by atoms with van der Waals surface area (Å²) in [5, 5.41) is 1.89. The zero-order valence-electron chi connectivity index (χ0n) is 10.0. The van der Waals surface area contributed by atoms with E-state index in [4.69, 9.17) is 0 Å². The summed E-state index contributed by atoms with van der Waals surface area (Å²) in [6, 6.07) is 7.28. The van der Waals surface area contributed by atoms with E-state index in [1.54, 1.807) is 0 Å². The molecule has 7 heteroatoms. The topological polar surface area (TPSA) is 37.4 Å². The highest BCUT2D eigenvalue weighted by Gasteiger charge is 2.23. The summed E-state index contributed by atoms with van der Waals surface area (Å²) in [6.07, 6.45) is 0. The monoisotopic (exact) mass is 363 g/mol. The fourth-order valence-electron chi connectivity index (χ4n) is 1.56. The Balaban J connectivity index is 2.31. The van der Waals surface area contributed by atoms with E-state index in [0.717, 1.165) is 17.0 Å². The largest absolute Gasteiger partial charge is 0.244 e. The van der Waals surface area contributed by atoms with Gasteiger partial charge in [0.2, 0.25) is 10.0 Å². The fraction of sp³-hybridized carbons (Fsp3) is 0.167. The number of thiophene rings is 1. The Hall–Kier alpha value is -0.760. The molecule has 0 unspecified atom stereocenters. The predicted molar refractivity (Wildman–Crippen MR) is 77.1 cm³/mol. The van der Waals surface area contributed by atoms with Crippen LogP contribution in [0.15, 0.2) is 45.1 Å². The van der Waals surface area contributed by atoms with Crippen LogP contribution in [0.25, 0.3) is 0 Å². The van der Waals surface area contributed by atoms with Crippen molar-refractivity contribution in [1.82, 2.24) is 4.31 Å². The van der Waals surface area contributed by atoms with Gasteiger partial charge in [-0.2, -0.15) is 4.31 Å². The van der Waals surface area contributed by atoms with Gasteiger partial charge in [-0.05, 0) is 45.6 Å². The van der Waals surface area contributed by atoms with E-state index in [9.17, 15) is 12.8 Å². The number of sulfonamides is 1. The highest BCUT2D eigenvalue weighted by atomic mass is 79.9. The number of hydrogen-bond donors (Lipinski definition) is 0. The van der Waals surface area contributed by atoms with Crippen LogP contribution in [-0.2, 0) is 16.6 Å². The van der Waals surface area contributed by atoms with Crippen molar-refractivity contribution in [1.29, 1.82) is 0 Å². The molecule has 102 valence electrons. The zero-order valence-corrected chi connectivity index (χ0v) is 13.2. The Morgan fingerprint density at radius 1 is 1.37 bits per heavy atom. The predicted octanol–water partition coefficient (Wildman–Crippen LogP) is 3.47. The third kappa shape index (κ3) is 3.22. The zero-order chi connectivity index (χ0) is 14.0. The van der Waals surface area contributed by atoms with Gasteiger partial charge in [0.15, 0.2) is 0 Å². The second kappa shape index (κ2) is 5.70. The Bertz CT molecular complexity index is 671. The van der Waals surface area contributed by atoms with Crippen LogP contribution < -0.4 is 0 Å². The molecule has 0 fully saturated rings. The first-order valence-electron chi connectivity index (χ1n) is 5.35. The Kier molecular flexibility index (Phi) is 4.39. The van der Waals surface area contributed by atoms with Crippen LogP contribution in [-0.4, -0.2) is 19.8 Å². The molecule has 1 aromatic heterocycles. The van der Waals surface area contributed by atoms with Crippen molar-refractivity contribution in [2.24, 2.45) is 0 Å². The van der Waals surface area contributed by atoms with Gasteiger partial charge in [0.05, 0.1) is 4.90 Å². The molecule has 1 heterocycles. The molecule has 0 saturated carbocycles. The van der Waals surface area contributed by atoms with Crippen LogP contribution in [0.3, 0.4) is 0 Å². The number of rotatable bonds is 4. The molecule has 0 aliphatic carbocycles. The molecule has 0 spiro atoms. The molecule has 0 radical (unpaired) electrons. The van der Waals surface area contributed by atoms with Crippen molar-refractivity contribution in [2.45, 2.75) is 11.4 Å². The van der Waals surface area contributed by atoms with Crippen LogP contribution in [0.5, 0.6) is 0 Å². The fourth-order valence-corrected chi connectivity index (χ4v) is 4.55. The van der Waals surface area contributed by atoms with E-state index in [2.05, 4.69) is 15.9 Å². The summed E-state index contributed by atoms with van der Waals surface area (Å²) >= 11 is 4.58. The standard InChI is InChI=1S/C12H11BrFNO2S2/c1-15(8-10-3-2-6-18-10)19(16,17)12-5-4-9(14)7-11(12)13/h2-7H,8H2,1H3. The van der Waals surface area contributed by atoms with E-state index < -0.39 is 15.8 Å². The van der Waals surface area contributed by atoms with Crippen molar-refractivity contribution >= 4 is 37.3 Å². The van der Waals surface area contributed by atoms with E-state index in [1.807, 2.05) is 17.5 Å². The number of benzene rings is 1. The average molecular weight is 364 g/mol. The minimum atomic E-state index is -3.64. The summed E-state index contributed by atoms with van der Waals surface area (Å²) in [5.74, 6) is -0.480. The normalized spacial score (nSPS) is 12.0. The summed E-state index contributed by atoms with van der Waals surface area (Å²) < 4.78 is 39.2. The van der Waals surface area contributed by atoms with Crippen LogP contribution in [0.2, 0.25) is 0 Å². The highest BCUT2D eigenvalue weighted by Crippen LogP contribution is 2.26. The lowest BCUT2D eigenvalue weighted by molar-refractivity contribution is 0.469. The molecule has 0 aliphatic heterocycles. The SMILES string of the molecule is CN(Cc1cccs1)S(=O)(=O)c1ccc(F)cc1Br. The molecule has 0 saturated heterocycles. The third-order valence-corrected chi connectivity index (χ3v) is 6.18. The molecule has 2 aromatic rings. The quantitative estimate of drug-likeness (QED) is 0.833. The molecular formula is C12H11BrFNO2S2. The van der Waals surface area contributed by atoms with Gasteiger partial charge >= 0.3 is 0 Å². The maximum atomic E-state index is 13.0. The molecule has 0 atom stereocenters. The van der Waals surface area contributed by atoms with Gasteiger partial charge in [-0.15, -0.1) is 11.3 Å². The molecule has 0 N–H and O–H groups in total. The molecule has 3 nitrogen and oxygen atoms in total. The lowest BCUT2D eigenvalue weighted by Crippen LogP contribution is -2.26. The van der Waals surface area contributed by atoms with Gasteiger partial charge in [0.25, 0.3) is 0 Å². The lowest BCUT2D eigenvalue weighted by atomic mass is 10.3. The average Bonchev–Trinajstić information content (AvgIpc) is 2.81. The minimum absolute atomic E-state index is 0.0629. The van der Waals surface area contributed by atoms with E-state index in [1.165, 1.54) is 28.8 Å². The van der Waals surface area contributed by atoms with Crippen molar-refractivity contribution < 1.29 is 12.8 Å². The highest BCUT2D eigenvalue weighted by molar-refractivity contribution is 9.10. The number of hydrogen-bond acceptors (Lipinski definition) is 3. The second-order valence-electron chi connectivity index (χ2n) is 3.92. The maximum Gasteiger partial charge on any atom is 0.244 e. The first-order chi connectivity index (χ1) is 8.91. The van der Waals surface area contributed by atoms with Crippen molar-refractivity contribution in [3.8, 4) is 0 Å². The van der Waals surface area contributed by atoms with Crippen LogP contribution >= 0.6 is 27.3 Å². The van der Waals surface area contributed by atoms with Crippen LogP contribution in [0, 0.1) is 5.82 Å². The maximum absolute atomic E-state index is 13.0. The van der Waals surface area contributed by atoms with Crippen LogP contribution in [0.1, 0.15) is 4.88 Å². The second-order valence-corrected chi connectivity index (χ2v) is 7.82. The molecule has 0 amide bonds.